The van der Waals surface area contributed by atoms with Gasteiger partial charge < -0.3 is 4.90 Å². The largest absolute Gasteiger partial charge is 0.356 e. The highest BCUT2D eigenvalue weighted by Gasteiger charge is 2.11. The first-order valence-electron chi connectivity index (χ1n) is 7.31. The molecule has 0 atom stereocenters. The molecule has 0 saturated heterocycles. The summed E-state index contributed by atoms with van der Waals surface area (Å²) in [6.45, 7) is 6.63. The van der Waals surface area contributed by atoms with Gasteiger partial charge in [-0.05, 0) is 25.0 Å². The molecule has 0 aliphatic heterocycles. The lowest BCUT2D eigenvalue weighted by molar-refractivity contribution is 0.673. The van der Waals surface area contributed by atoms with Crippen LogP contribution in [0.1, 0.15) is 39.5 Å². The van der Waals surface area contributed by atoms with E-state index in [1.807, 2.05) is 6.07 Å². The number of anilines is 1. The van der Waals surface area contributed by atoms with Gasteiger partial charge >= 0.3 is 0 Å². The van der Waals surface area contributed by atoms with E-state index in [4.69, 9.17) is 0 Å². The van der Waals surface area contributed by atoms with Crippen LogP contribution >= 0.6 is 0 Å². The number of aromatic nitrogens is 2. The number of nitrogens with zero attached hydrogens (tertiary/aromatic N) is 3. The van der Waals surface area contributed by atoms with Crippen molar-refractivity contribution in [1.82, 2.24) is 9.97 Å². The van der Waals surface area contributed by atoms with E-state index in [0.29, 0.717) is 0 Å². The third-order valence-corrected chi connectivity index (χ3v) is 3.38. The van der Waals surface area contributed by atoms with Crippen molar-refractivity contribution < 1.29 is 0 Å². The summed E-state index contributed by atoms with van der Waals surface area (Å²) < 4.78 is 0. The standard InChI is InChI=1S/C16H23N3/c1-3-5-11-19(12-6-4-2)16-14-9-7-8-10-15(14)17-13-18-16/h7-10,13H,3-6,11-12H2,1-2H3. The normalized spacial score (nSPS) is 10.8. The fraction of sp³-hybridized carbons (Fsp3) is 0.500. The molecule has 1 aromatic heterocycles. The summed E-state index contributed by atoms with van der Waals surface area (Å²) in [5.74, 6) is 1.09. The maximum absolute atomic E-state index is 4.53. The molecule has 0 saturated carbocycles. The molecule has 0 unspecified atom stereocenters. The van der Waals surface area contributed by atoms with Crippen LogP contribution in [0.3, 0.4) is 0 Å². The van der Waals surface area contributed by atoms with Gasteiger partial charge in [-0.2, -0.15) is 0 Å². The number of hydrogen-bond acceptors (Lipinski definition) is 3. The zero-order chi connectivity index (χ0) is 13.5. The quantitative estimate of drug-likeness (QED) is 0.749. The molecule has 102 valence electrons. The zero-order valence-electron chi connectivity index (χ0n) is 12.0. The molecule has 1 heterocycles. The van der Waals surface area contributed by atoms with Gasteiger partial charge in [-0.1, -0.05) is 38.8 Å². The van der Waals surface area contributed by atoms with Gasteiger partial charge in [-0.25, -0.2) is 9.97 Å². The molecule has 0 aliphatic rings. The number of benzene rings is 1. The van der Waals surface area contributed by atoms with Crippen LogP contribution in [0.4, 0.5) is 5.82 Å². The number of unbranched alkanes of at least 4 members (excludes halogenated alkanes) is 2. The van der Waals surface area contributed by atoms with Gasteiger partial charge in [-0.15, -0.1) is 0 Å². The van der Waals surface area contributed by atoms with Gasteiger partial charge in [0.15, 0.2) is 0 Å². The van der Waals surface area contributed by atoms with Crippen molar-refractivity contribution in [2.75, 3.05) is 18.0 Å². The Balaban J connectivity index is 2.31. The van der Waals surface area contributed by atoms with Crippen molar-refractivity contribution >= 4 is 16.7 Å². The molecule has 0 amide bonds. The second kappa shape index (κ2) is 7.07. The summed E-state index contributed by atoms with van der Waals surface area (Å²) in [6, 6.07) is 8.27. The molecule has 0 N–H and O–H groups in total. The Labute approximate surface area is 115 Å². The minimum atomic E-state index is 1.03. The van der Waals surface area contributed by atoms with E-state index in [0.717, 1.165) is 29.8 Å². The van der Waals surface area contributed by atoms with Gasteiger partial charge in [0.25, 0.3) is 0 Å². The van der Waals surface area contributed by atoms with Gasteiger partial charge in [0.05, 0.1) is 5.52 Å². The van der Waals surface area contributed by atoms with Crippen molar-refractivity contribution in [3.8, 4) is 0 Å². The Bertz CT molecular complexity index is 497. The molecule has 19 heavy (non-hydrogen) atoms. The summed E-state index contributed by atoms with van der Waals surface area (Å²) >= 11 is 0. The molecule has 0 radical (unpaired) electrons. The molecule has 0 spiro atoms. The Hall–Kier alpha value is -1.64. The third-order valence-electron chi connectivity index (χ3n) is 3.38. The number of hydrogen-bond donors (Lipinski definition) is 0. The molecule has 2 rings (SSSR count). The molecular formula is C16H23N3. The third kappa shape index (κ3) is 3.43. The van der Waals surface area contributed by atoms with Crippen molar-refractivity contribution in [2.24, 2.45) is 0 Å². The molecular weight excluding hydrogens is 234 g/mol. The van der Waals surface area contributed by atoms with Crippen LogP contribution in [-0.2, 0) is 0 Å². The fourth-order valence-electron chi connectivity index (χ4n) is 2.26. The van der Waals surface area contributed by atoms with Crippen molar-refractivity contribution in [3.63, 3.8) is 0 Å². The van der Waals surface area contributed by atoms with Crippen LogP contribution in [0.5, 0.6) is 0 Å². The average molecular weight is 257 g/mol. The maximum Gasteiger partial charge on any atom is 0.139 e. The lowest BCUT2D eigenvalue weighted by atomic mass is 10.2. The maximum atomic E-state index is 4.53. The van der Waals surface area contributed by atoms with Crippen LogP contribution in [0, 0.1) is 0 Å². The SMILES string of the molecule is CCCCN(CCCC)c1ncnc2ccccc12. The Morgan fingerprint density at radius 1 is 0.947 bits per heavy atom. The van der Waals surface area contributed by atoms with Crippen LogP contribution in [0.15, 0.2) is 30.6 Å². The predicted octanol–water partition coefficient (Wildman–Crippen LogP) is 4.04. The lowest BCUT2D eigenvalue weighted by Gasteiger charge is -2.24. The minimum absolute atomic E-state index is 1.03. The Kier molecular flexibility index (Phi) is 5.13. The molecule has 0 fully saturated rings. The minimum Gasteiger partial charge on any atom is -0.356 e. The Morgan fingerprint density at radius 3 is 2.32 bits per heavy atom. The number of para-hydroxylation sites is 1. The van der Waals surface area contributed by atoms with Gasteiger partial charge in [0, 0.05) is 18.5 Å². The summed E-state index contributed by atoms with van der Waals surface area (Å²) in [5, 5.41) is 1.16. The van der Waals surface area contributed by atoms with Gasteiger partial charge in [-0.3, -0.25) is 0 Å². The Morgan fingerprint density at radius 2 is 1.63 bits per heavy atom. The lowest BCUT2D eigenvalue weighted by Crippen LogP contribution is -2.26. The summed E-state index contributed by atoms with van der Waals surface area (Å²) in [7, 11) is 0. The van der Waals surface area contributed by atoms with E-state index in [-0.39, 0.29) is 0 Å². The second-order valence-electron chi connectivity index (χ2n) is 4.91. The molecule has 1 aromatic carbocycles. The number of rotatable bonds is 7. The zero-order valence-corrected chi connectivity index (χ0v) is 12.0. The van der Waals surface area contributed by atoms with Crippen LogP contribution in [0.25, 0.3) is 10.9 Å². The van der Waals surface area contributed by atoms with Gasteiger partial charge in [0.1, 0.15) is 12.1 Å². The second-order valence-corrected chi connectivity index (χ2v) is 4.91. The fourth-order valence-corrected chi connectivity index (χ4v) is 2.26. The molecule has 0 bridgehead atoms. The summed E-state index contributed by atoms with van der Waals surface area (Å²) in [6.07, 6.45) is 6.53. The number of fused-ring (bicyclic) bond motifs is 1. The van der Waals surface area contributed by atoms with E-state index in [9.17, 15) is 0 Å². The van der Waals surface area contributed by atoms with Crippen LogP contribution in [-0.4, -0.2) is 23.1 Å². The van der Waals surface area contributed by atoms with Crippen LogP contribution < -0.4 is 4.90 Å². The van der Waals surface area contributed by atoms with Crippen LogP contribution in [0.2, 0.25) is 0 Å². The highest BCUT2D eigenvalue weighted by atomic mass is 15.2. The highest BCUT2D eigenvalue weighted by molar-refractivity contribution is 5.89. The molecule has 2 aromatic rings. The van der Waals surface area contributed by atoms with E-state index in [1.54, 1.807) is 6.33 Å². The van der Waals surface area contributed by atoms with E-state index in [2.05, 4.69) is 46.9 Å². The predicted molar refractivity (Wildman–Crippen MR) is 81.6 cm³/mol. The van der Waals surface area contributed by atoms with Gasteiger partial charge in [0.2, 0.25) is 0 Å². The summed E-state index contributed by atoms with van der Waals surface area (Å²) in [5.41, 5.74) is 1.03. The first kappa shape index (κ1) is 13.8. The average Bonchev–Trinajstić information content (AvgIpc) is 2.47. The molecule has 3 nitrogen and oxygen atoms in total. The molecule has 3 heteroatoms. The van der Waals surface area contributed by atoms with E-state index < -0.39 is 0 Å². The van der Waals surface area contributed by atoms with Crippen molar-refractivity contribution in [2.45, 2.75) is 39.5 Å². The van der Waals surface area contributed by atoms with E-state index >= 15 is 0 Å². The molecule has 0 aliphatic carbocycles. The first-order chi connectivity index (χ1) is 9.36. The summed E-state index contributed by atoms with van der Waals surface area (Å²) in [4.78, 5) is 11.3. The topological polar surface area (TPSA) is 29.0 Å². The van der Waals surface area contributed by atoms with Crippen molar-refractivity contribution in [1.29, 1.82) is 0 Å². The van der Waals surface area contributed by atoms with E-state index in [1.165, 1.54) is 25.7 Å². The monoisotopic (exact) mass is 257 g/mol. The van der Waals surface area contributed by atoms with Crippen molar-refractivity contribution in [3.05, 3.63) is 30.6 Å². The first-order valence-corrected chi connectivity index (χ1v) is 7.31. The highest BCUT2D eigenvalue weighted by Crippen LogP contribution is 2.23. The smallest absolute Gasteiger partial charge is 0.139 e.